The molecule has 0 aromatic carbocycles. The van der Waals surface area contributed by atoms with E-state index in [0.717, 1.165) is 24.0 Å². The number of pyridine rings is 1. The molecule has 0 spiro atoms. The fourth-order valence-electron chi connectivity index (χ4n) is 2.24. The SMILES string of the molecule is CN(CC1CCCCN1)C(=O)c1cncc(Br)c1. The summed E-state index contributed by atoms with van der Waals surface area (Å²) >= 11 is 3.33. The van der Waals surface area contributed by atoms with Crippen molar-refractivity contribution in [3.63, 3.8) is 0 Å². The average Bonchev–Trinajstić information content (AvgIpc) is 2.39. The molecule has 1 aromatic rings. The van der Waals surface area contributed by atoms with Gasteiger partial charge >= 0.3 is 0 Å². The maximum Gasteiger partial charge on any atom is 0.255 e. The molecule has 0 saturated carbocycles. The van der Waals surface area contributed by atoms with E-state index >= 15 is 0 Å². The minimum Gasteiger partial charge on any atom is -0.340 e. The largest absolute Gasteiger partial charge is 0.340 e. The quantitative estimate of drug-likeness (QED) is 0.929. The predicted octanol–water partition coefficient (Wildman–Crippen LogP) is 2.06. The summed E-state index contributed by atoms with van der Waals surface area (Å²) in [4.78, 5) is 18.0. The number of carbonyl (C=O) groups is 1. The summed E-state index contributed by atoms with van der Waals surface area (Å²) < 4.78 is 0.831. The van der Waals surface area contributed by atoms with Gasteiger partial charge < -0.3 is 10.2 Å². The van der Waals surface area contributed by atoms with Crippen LogP contribution in [0.25, 0.3) is 0 Å². The van der Waals surface area contributed by atoms with Crippen LogP contribution in [0.3, 0.4) is 0 Å². The van der Waals surface area contributed by atoms with Gasteiger partial charge in [0.2, 0.25) is 0 Å². The zero-order chi connectivity index (χ0) is 13.0. The monoisotopic (exact) mass is 311 g/mol. The third-order valence-corrected chi connectivity index (χ3v) is 3.64. The maximum absolute atomic E-state index is 12.2. The van der Waals surface area contributed by atoms with E-state index in [0.29, 0.717) is 11.6 Å². The molecule has 1 amide bonds. The second kappa shape index (κ2) is 6.29. The van der Waals surface area contributed by atoms with Crippen molar-refractivity contribution in [1.29, 1.82) is 0 Å². The van der Waals surface area contributed by atoms with Crippen LogP contribution >= 0.6 is 15.9 Å². The number of likely N-dealkylation sites (N-methyl/N-ethyl adjacent to an activating group) is 1. The average molecular weight is 312 g/mol. The van der Waals surface area contributed by atoms with Gasteiger partial charge in [-0.3, -0.25) is 9.78 Å². The Balaban J connectivity index is 1.95. The number of nitrogens with one attached hydrogen (secondary N) is 1. The van der Waals surface area contributed by atoms with Gasteiger partial charge in [-0.15, -0.1) is 0 Å². The summed E-state index contributed by atoms with van der Waals surface area (Å²) in [5.74, 6) is 0.0242. The van der Waals surface area contributed by atoms with Crippen molar-refractivity contribution in [2.75, 3.05) is 20.1 Å². The van der Waals surface area contributed by atoms with Crippen molar-refractivity contribution in [3.05, 3.63) is 28.5 Å². The highest BCUT2D eigenvalue weighted by Gasteiger charge is 2.18. The summed E-state index contributed by atoms with van der Waals surface area (Å²) in [6.45, 7) is 1.82. The summed E-state index contributed by atoms with van der Waals surface area (Å²) in [6.07, 6.45) is 6.92. The van der Waals surface area contributed by atoms with Crippen molar-refractivity contribution < 1.29 is 4.79 Å². The van der Waals surface area contributed by atoms with E-state index in [9.17, 15) is 4.79 Å². The first-order valence-corrected chi connectivity index (χ1v) is 7.05. The molecule has 1 atom stereocenters. The highest BCUT2D eigenvalue weighted by Crippen LogP contribution is 2.13. The summed E-state index contributed by atoms with van der Waals surface area (Å²) in [5, 5.41) is 3.45. The molecule has 1 aliphatic rings. The first-order chi connectivity index (χ1) is 8.66. The van der Waals surface area contributed by atoms with E-state index in [1.54, 1.807) is 23.4 Å². The van der Waals surface area contributed by atoms with Crippen LogP contribution in [-0.4, -0.2) is 42.0 Å². The molecule has 1 aliphatic heterocycles. The van der Waals surface area contributed by atoms with Crippen molar-refractivity contribution in [2.45, 2.75) is 25.3 Å². The zero-order valence-electron chi connectivity index (χ0n) is 10.5. The second-order valence-electron chi connectivity index (χ2n) is 4.72. The normalized spacial score (nSPS) is 19.6. The number of nitrogens with zero attached hydrogens (tertiary/aromatic N) is 2. The number of piperidine rings is 1. The summed E-state index contributed by atoms with van der Waals surface area (Å²) in [5.41, 5.74) is 0.627. The third kappa shape index (κ3) is 3.53. The topological polar surface area (TPSA) is 45.2 Å². The Labute approximate surface area is 116 Å². The van der Waals surface area contributed by atoms with Crippen LogP contribution in [0.4, 0.5) is 0 Å². The smallest absolute Gasteiger partial charge is 0.255 e. The Morgan fingerprint density at radius 3 is 3.06 bits per heavy atom. The van der Waals surface area contributed by atoms with Gasteiger partial charge in [-0.25, -0.2) is 0 Å². The Bertz CT molecular complexity index is 418. The first-order valence-electron chi connectivity index (χ1n) is 6.26. The first kappa shape index (κ1) is 13.5. The summed E-state index contributed by atoms with van der Waals surface area (Å²) in [6, 6.07) is 2.23. The lowest BCUT2D eigenvalue weighted by atomic mass is 10.0. The van der Waals surface area contributed by atoms with Gasteiger partial charge in [0, 0.05) is 36.5 Å². The molecule has 4 nitrogen and oxygen atoms in total. The molecule has 2 rings (SSSR count). The number of carbonyl (C=O) groups excluding carboxylic acids is 1. The van der Waals surface area contributed by atoms with Gasteiger partial charge in [-0.05, 0) is 41.4 Å². The van der Waals surface area contributed by atoms with Crippen LogP contribution in [0.15, 0.2) is 22.9 Å². The third-order valence-electron chi connectivity index (χ3n) is 3.21. The predicted molar refractivity (Wildman–Crippen MR) is 74.5 cm³/mol. The molecular weight excluding hydrogens is 294 g/mol. The fourth-order valence-corrected chi connectivity index (χ4v) is 2.61. The van der Waals surface area contributed by atoms with Crippen LogP contribution in [0.1, 0.15) is 29.6 Å². The summed E-state index contributed by atoms with van der Waals surface area (Å²) in [7, 11) is 1.85. The number of hydrogen-bond acceptors (Lipinski definition) is 3. The number of rotatable bonds is 3. The lowest BCUT2D eigenvalue weighted by molar-refractivity contribution is 0.0775. The molecule has 1 N–H and O–H groups in total. The van der Waals surface area contributed by atoms with Gasteiger partial charge in [0.25, 0.3) is 5.91 Å². The Morgan fingerprint density at radius 1 is 1.56 bits per heavy atom. The fraction of sp³-hybridized carbons (Fsp3) is 0.538. The van der Waals surface area contributed by atoms with Gasteiger partial charge in [0.1, 0.15) is 0 Å². The van der Waals surface area contributed by atoms with E-state index in [4.69, 9.17) is 0 Å². The van der Waals surface area contributed by atoms with E-state index in [1.807, 2.05) is 7.05 Å². The highest BCUT2D eigenvalue weighted by atomic mass is 79.9. The molecule has 0 radical (unpaired) electrons. The van der Waals surface area contributed by atoms with Gasteiger partial charge in [0.05, 0.1) is 5.56 Å². The van der Waals surface area contributed by atoms with Crippen LogP contribution in [0.5, 0.6) is 0 Å². The molecule has 98 valence electrons. The standard InChI is InChI=1S/C13H18BrN3O/c1-17(9-12-4-2-3-5-16-12)13(18)10-6-11(14)8-15-7-10/h6-8,12,16H,2-5,9H2,1H3. The van der Waals surface area contributed by atoms with Gasteiger partial charge in [-0.1, -0.05) is 6.42 Å². The number of amides is 1. The number of aromatic nitrogens is 1. The molecule has 1 saturated heterocycles. The van der Waals surface area contributed by atoms with Crippen molar-refractivity contribution >= 4 is 21.8 Å². The molecule has 2 heterocycles. The Morgan fingerprint density at radius 2 is 2.39 bits per heavy atom. The highest BCUT2D eigenvalue weighted by molar-refractivity contribution is 9.10. The van der Waals surface area contributed by atoms with Gasteiger partial charge in [-0.2, -0.15) is 0 Å². The number of halogens is 1. The molecule has 18 heavy (non-hydrogen) atoms. The molecule has 0 bridgehead atoms. The van der Waals surface area contributed by atoms with Crippen LogP contribution in [0.2, 0.25) is 0 Å². The van der Waals surface area contributed by atoms with Crippen molar-refractivity contribution in [2.24, 2.45) is 0 Å². The van der Waals surface area contributed by atoms with Gasteiger partial charge in [0.15, 0.2) is 0 Å². The lowest BCUT2D eigenvalue weighted by Gasteiger charge is -2.28. The Kier molecular flexibility index (Phi) is 4.72. The maximum atomic E-state index is 12.2. The Hall–Kier alpha value is -0.940. The molecule has 1 fully saturated rings. The molecule has 0 aliphatic carbocycles. The molecule has 5 heteroatoms. The van der Waals surface area contributed by atoms with Crippen molar-refractivity contribution in [3.8, 4) is 0 Å². The lowest BCUT2D eigenvalue weighted by Crippen LogP contribution is -2.44. The second-order valence-corrected chi connectivity index (χ2v) is 5.64. The minimum absolute atomic E-state index is 0.0242. The molecule has 1 aromatic heterocycles. The van der Waals surface area contributed by atoms with Crippen LogP contribution in [0, 0.1) is 0 Å². The molecular formula is C13H18BrN3O. The minimum atomic E-state index is 0.0242. The van der Waals surface area contributed by atoms with Crippen LogP contribution < -0.4 is 5.32 Å². The van der Waals surface area contributed by atoms with Crippen molar-refractivity contribution in [1.82, 2.24) is 15.2 Å². The van der Waals surface area contributed by atoms with E-state index < -0.39 is 0 Å². The van der Waals surface area contributed by atoms with E-state index in [-0.39, 0.29) is 5.91 Å². The zero-order valence-corrected chi connectivity index (χ0v) is 12.1. The van der Waals surface area contributed by atoms with E-state index in [1.165, 1.54) is 12.8 Å². The van der Waals surface area contributed by atoms with Crippen LogP contribution in [-0.2, 0) is 0 Å². The number of hydrogen-bond donors (Lipinski definition) is 1. The molecule has 1 unspecified atom stereocenters. The van der Waals surface area contributed by atoms with E-state index in [2.05, 4.69) is 26.2 Å².